The normalized spacial score (nSPS) is 21.0. The fourth-order valence-electron chi connectivity index (χ4n) is 3.02. The van der Waals surface area contributed by atoms with Crippen molar-refractivity contribution in [3.05, 3.63) is 84.0 Å². The summed E-state index contributed by atoms with van der Waals surface area (Å²) in [5.41, 5.74) is 3.07. The third-order valence-corrected chi connectivity index (χ3v) is 4.94. The van der Waals surface area contributed by atoms with Crippen molar-refractivity contribution in [1.82, 2.24) is 0 Å². The molecule has 1 N–H and O–H groups in total. The van der Waals surface area contributed by atoms with Crippen LogP contribution < -0.4 is 0 Å². The molecule has 2 aromatic rings. The van der Waals surface area contributed by atoms with Crippen LogP contribution in [0, 0.1) is 5.92 Å². The molecule has 2 aromatic carbocycles. The van der Waals surface area contributed by atoms with Crippen LogP contribution in [0.15, 0.2) is 72.8 Å². The van der Waals surface area contributed by atoms with Crippen LogP contribution >= 0.6 is 0 Å². The van der Waals surface area contributed by atoms with Gasteiger partial charge in [-0.25, -0.2) is 0 Å². The van der Waals surface area contributed by atoms with Crippen molar-refractivity contribution in [1.29, 1.82) is 0 Å². The summed E-state index contributed by atoms with van der Waals surface area (Å²) in [4.78, 5) is 0. The average Bonchev–Trinajstić information content (AvgIpc) is 2.68. The van der Waals surface area contributed by atoms with Gasteiger partial charge in [0.15, 0.2) is 0 Å². The lowest BCUT2D eigenvalue weighted by molar-refractivity contribution is -0.0276. The van der Waals surface area contributed by atoms with Gasteiger partial charge >= 0.3 is 0 Å². The first-order valence-corrected chi connectivity index (χ1v) is 9.01. The summed E-state index contributed by atoms with van der Waals surface area (Å²) in [6, 6.07) is 17.8. The SMILES string of the molecule is CC[C@H](C)COC1(c2ccccc2)C=CC(c2ccc(O)cc2)=CC1. The summed E-state index contributed by atoms with van der Waals surface area (Å²) in [6.07, 6.45) is 8.48. The van der Waals surface area contributed by atoms with Crippen molar-refractivity contribution in [3.8, 4) is 5.75 Å². The zero-order chi connectivity index (χ0) is 17.7. The molecule has 2 nitrogen and oxygen atoms in total. The lowest BCUT2D eigenvalue weighted by Crippen LogP contribution is -2.30. The van der Waals surface area contributed by atoms with Gasteiger partial charge in [-0.15, -0.1) is 0 Å². The highest BCUT2D eigenvalue weighted by Crippen LogP contribution is 2.38. The Kier molecular flexibility index (Phi) is 5.40. The van der Waals surface area contributed by atoms with E-state index in [4.69, 9.17) is 4.74 Å². The molecule has 1 aliphatic rings. The number of phenols is 1. The minimum absolute atomic E-state index is 0.291. The van der Waals surface area contributed by atoms with E-state index in [2.05, 4.69) is 56.3 Å². The average molecular weight is 334 g/mol. The first kappa shape index (κ1) is 17.5. The van der Waals surface area contributed by atoms with Gasteiger partial charge in [-0.2, -0.15) is 0 Å². The second-order valence-electron chi connectivity index (χ2n) is 6.82. The largest absolute Gasteiger partial charge is 0.508 e. The predicted octanol–water partition coefficient (Wildman–Crippen LogP) is 5.69. The van der Waals surface area contributed by atoms with Gasteiger partial charge in [0, 0.05) is 6.42 Å². The Morgan fingerprint density at radius 1 is 1.08 bits per heavy atom. The molecular weight excluding hydrogens is 308 g/mol. The number of aromatic hydroxyl groups is 1. The molecule has 0 saturated heterocycles. The van der Waals surface area contributed by atoms with Gasteiger partial charge < -0.3 is 9.84 Å². The molecule has 0 heterocycles. The first-order valence-electron chi connectivity index (χ1n) is 9.01. The summed E-state index contributed by atoms with van der Waals surface area (Å²) in [7, 11) is 0. The number of rotatable bonds is 6. The van der Waals surface area contributed by atoms with Crippen molar-refractivity contribution in [3.63, 3.8) is 0 Å². The molecule has 0 fully saturated rings. The van der Waals surface area contributed by atoms with Crippen molar-refractivity contribution in [2.75, 3.05) is 6.61 Å². The molecule has 0 bridgehead atoms. The van der Waals surface area contributed by atoms with Crippen LogP contribution in [0.25, 0.3) is 5.57 Å². The van der Waals surface area contributed by atoms with E-state index in [0.29, 0.717) is 11.7 Å². The van der Waals surface area contributed by atoms with Gasteiger partial charge in [0.25, 0.3) is 0 Å². The fraction of sp³-hybridized carbons (Fsp3) is 0.304. The maximum atomic E-state index is 9.47. The highest BCUT2D eigenvalue weighted by molar-refractivity contribution is 5.76. The highest BCUT2D eigenvalue weighted by atomic mass is 16.5. The summed E-state index contributed by atoms with van der Waals surface area (Å²) < 4.78 is 6.44. The van der Waals surface area contributed by atoms with E-state index in [-0.39, 0.29) is 0 Å². The van der Waals surface area contributed by atoms with Crippen LogP contribution in [-0.2, 0) is 10.3 Å². The molecule has 3 rings (SSSR count). The number of ether oxygens (including phenoxy) is 1. The quantitative estimate of drug-likeness (QED) is 0.735. The smallest absolute Gasteiger partial charge is 0.115 e. The molecule has 25 heavy (non-hydrogen) atoms. The minimum Gasteiger partial charge on any atom is -0.508 e. The fourth-order valence-corrected chi connectivity index (χ4v) is 3.02. The molecule has 130 valence electrons. The number of hydrogen-bond acceptors (Lipinski definition) is 2. The van der Waals surface area contributed by atoms with E-state index in [1.54, 1.807) is 12.1 Å². The Hall–Kier alpha value is -2.32. The Bertz CT molecular complexity index is 743. The van der Waals surface area contributed by atoms with Crippen molar-refractivity contribution in [2.45, 2.75) is 32.3 Å². The molecule has 0 saturated carbocycles. The Balaban J connectivity index is 1.85. The Labute approximate surface area is 150 Å². The van der Waals surface area contributed by atoms with Crippen LogP contribution in [0.5, 0.6) is 5.75 Å². The van der Waals surface area contributed by atoms with Crippen LogP contribution in [0.3, 0.4) is 0 Å². The van der Waals surface area contributed by atoms with E-state index in [1.807, 2.05) is 18.2 Å². The van der Waals surface area contributed by atoms with Gasteiger partial charge in [0.2, 0.25) is 0 Å². The predicted molar refractivity (Wildman–Crippen MR) is 103 cm³/mol. The van der Waals surface area contributed by atoms with Gasteiger partial charge in [-0.05, 0) is 40.8 Å². The van der Waals surface area contributed by atoms with Crippen LogP contribution in [0.4, 0.5) is 0 Å². The topological polar surface area (TPSA) is 29.5 Å². The van der Waals surface area contributed by atoms with E-state index in [9.17, 15) is 5.11 Å². The maximum Gasteiger partial charge on any atom is 0.115 e. The lowest BCUT2D eigenvalue weighted by Gasteiger charge is -2.34. The third-order valence-electron chi connectivity index (χ3n) is 4.94. The van der Waals surface area contributed by atoms with Crippen molar-refractivity contribution >= 4 is 5.57 Å². The highest BCUT2D eigenvalue weighted by Gasteiger charge is 2.32. The zero-order valence-corrected chi connectivity index (χ0v) is 15.0. The molecule has 2 heteroatoms. The molecule has 0 aliphatic heterocycles. The molecule has 0 spiro atoms. The van der Waals surface area contributed by atoms with Crippen molar-refractivity contribution < 1.29 is 9.84 Å². The van der Waals surface area contributed by atoms with Crippen molar-refractivity contribution in [2.24, 2.45) is 5.92 Å². The first-order chi connectivity index (χ1) is 12.1. The zero-order valence-electron chi connectivity index (χ0n) is 15.0. The standard InChI is InChI=1S/C23H26O2/c1-3-18(2)17-25-23(21-7-5-4-6-8-21)15-13-20(14-16-23)19-9-11-22(24)12-10-19/h4-15,18,24H,3,16-17H2,1-2H3/t18-,23?/m0/s1. The van der Waals surface area contributed by atoms with Gasteiger partial charge in [0.1, 0.15) is 11.4 Å². The van der Waals surface area contributed by atoms with E-state index in [0.717, 1.165) is 25.0 Å². The maximum absolute atomic E-state index is 9.47. The molecule has 1 unspecified atom stereocenters. The second kappa shape index (κ2) is 7.71. The number of hydrogen-bond donors (Lipinski definition) is 1. The third kappa shape index (κ3) is 4.02. The molecule has 0 amide bonds. The Morgan fingerprint density at radius 2 is 1.80 bits per heavy atom. The van der Waals surface area contributed by atoms with Gasteiger partial charge in [-0.1, -0.05) is 74.9 Å². The second-order valence-corrected chi connectivity index (χ2v) is 6.82. The van der Waals surface area contributed by atoms with Crippen LogP contribution in [-0.4, -0.2) is 11.7 Å². The monoisotopic (exact) mass is 334 g/mol. The molecule has 0 radical (unpaired) electrons. The van der Waals surface area contributed by atoms with Gasteiger partial charge in [0.05, 0.1) is 6.61 Å². The summed E-state index contributed by atoms with van der Waals surface area (Å²) in [5, 5.41) is 9.47. The minimum atomic E-state index is -0.398. The summed E-state index contributed by atoms with van der Waals surface area (Å²) in [6.45, 7) is 5.17. The molecule has 2 atom stereocenters. The molecule has 0 aromatic heterocycles. The number of allylic oxidation sites excluding steroid dienone is 2. The number of phenolic OH excluding ortho intramolecular Hbond substituents is 1. The van der Waals surface area contributed by atoms with E-state index in [1.165, 1.54) is 11.1 Å². The van der Waals surface area contributed by atoms with Crippen LogP contribution in [0.2, 0.25) is 0 Å². The lowest BCUT2D eigenvalue weighted by atomic mass is 9.83. The molecular formula is C23H26O2. The van der Waals surface area contributed by atoms with Gasteiger partial charge in [-0.3, -0.25) is 0 Å². The Morgan fingerprint density at radius 3 is 2.40 bits per heavy atom. The van der Waals surface area contributed by atoms with Crippen LogP contribution in [0.1, 0.15) is 37.8 Å². The van der Waals surface area contributed by atoms with E-state index < -0.39 is 5.60 Å². The summed E-state index contributed by atoms with van der Waals surface area (Å²) >= 11 is 0. The number of benzene rings is 2. The van der Waals surface area contributed by atoms with E-state index >= 15 is 0 Å². The summed E-state index contributed by atoms with van der Waals surface area (Å²) in [5.74, 6) is 0.830. The molecule has 1 aliphatic carbocycles.